The molecule has 0 radical (unpaired) electrons. The topological polar surface area (TPSA) is 91.3 Å². The Kier molecular flexibility index (Phi) is 7.27. The highest BCUT2D eigenvalue weighted by molar-refractivity contribution is 7.98. The quantitative estimate of drug-likeness (QED) is 0.671. The van der Waals surface area contributed by atoms with Crippen LogP contribution in [0.5, 0.6) is 0 Å². The van der Waals surface area contributed by atoms with E-state index in [4.69, 9.17) is 5.11 Å². The van der Waals surface area contributed by atoms with Crippen LogP contribution in [0.4, 0.5) is 4.79 Å². The number of thioether (sulfide) groups is 1. The molecule has 1 heterocycles. The summed E-state index contributed by atoms with van der Waals surface area (Å²) < 4.78 is 0. The Morgan fingerprint density at radius 1 is 1.58 bits per heavy atom. The van der Waals surface area contributed by atoms with Crippen molar-refractivity contribution in [1.29, 1.82) is 0 Å². The van der Waals surface area contributed by atoms with Gasteiger partial charge in [-0.1, -0.05) is 0 Å². The number of carboxylic acids is 1. The second-order valence-corrected chi connectivity index (χ2v) is 5.71. The first-order valence-corrected chi connectivity index (χ1v) is 8.05. The van der Waals surface area contributed by atoms with Crippen molar-refractivity contribution in [2.24, 2.45) is 0 Å². The zero-order chi connectivity index (χ0) is 14.1. The largest absolute Gasteiger partial charge is 0.480 e. The molecular weight excluding hydrogens is 286 g/mol. The van der Waals surface area contributed by atoms with E-state index < -0.39 is 18.0 Å². The summed E-state index contributed by atoms with van der Waals surface area (Å²) in [4.78, 5) is 26.6. The van der Waals surface area contributed by atoms with Crippen LogP contribution in [0.1, 0.15) is 11.4 Å². The van der Waals surface area contributed by atoms with Crippen molar-refractivity contribution in [3.8, 4) is 0 Å². The van der Waals surface area contributed by atoms with Gasteiger partial charge in [0.25, 0.3) is 0 Å². The number of carbonyl (C=O) groups excluding carboxylic acids is 1. The van der Waals surface area contributed by atoms with Crippen molar-refractivity contribution < 1.29 is 14.7 Å². The van der Waals surface area contributed by atoms with Gasteiger partial charge in [-0.25, -0.2) is 14.6 Å². The minimum Gasteiger partial charge on any atom is -0.480 e. The van der Waals surface area contributed by atoms with Gasteiger partial charge < -0.3 is 15.7 Å². The molecular formula is C11H17N3O3S2. The van der Waals surface area contributed by atoms with E-state index in [1.54, 1.807) is 18.0 Å². The van der Waals surface area contributed by atoms with Crippen LogP contribution in [-0.2, 0) is 11.2 Å². The molecule has 0 unspecified atom stereocenters. The molecule has 0 bridgehead atoms. The summed E-state index contributed by atoms with van der Waals surface area (Å²) in [5, 5.41) is 16.9. The van der Waals surface area contributed by atoms with Crippen LogP contribution in [0.25, 0.3) is 0 Å². The minimum absolute atomic E-state index is 0.413. The van der Waals surface area contributed by atoms with Gasteiger partial charge in [0.05, 0.1) is 5.01 Å². The predicted octanol–water partition coefficient (Wildman–Crippen LogP) is 1.19. The molecule has 8 heteroatoms. The lowest BCUT2D eigenvalue weighted by molar-refractivity contribution is -0.139. The van der Waals surface area contributed by atoms with Crippen LogP contribution in [0.3, 0.4) is 0 Å². The van der Waals surface area contributed by atoms with Crippen molar-refractivity contribution in [2.45, 2.75) is 18.9 Å². The third kappa shape index (κ3) is 6.44. The standard InChI is InChI=1S/C11H17N3O3S2/c1-18-6-3-8(10(15)16)14-11(17)13-4-2-9-12-5-7-19-9/h5,7-8H,2-4,6H2,1H3,(H,15,16)(H2,13,14,17)/t8-/m1/s1. The molecule has 0 saturated heterocycles. The molecule has 0 aliphatic rings. The molecule has 0 aliphatic carbocycles. The lowest BCUT2D eigenvalue weighted by Crippen LogP contribution is -2.46. The van der Waals surface area contributed by atoms with E-state index in [-0.39, 0.29) is 0 Å². The van der Waals surface area contributed by atoms with E-state index >= 15 is 0 Å². The summed E-state index contributed by atoms with van der Waals surface area (Å²) in [5.41, 5.74) is 0. The van der Waals surface area contributed by atoms with E-state index in [1.165, 1.54) is 11.3 Å². The number of carboxylic acid groups (broad SMARTS) is 1. The van der Waals surface area contributed by atoms with Crippen molar-refractivity contribution in [3.63, 3.8) is 0 Å². The van der Waals surface area contributed by atoms with E-state index in [0.29, 0.717) is 25.1 Å². The van der Waals surface area contributed by atoms with Crippen molar-refractivity contribution in [3.05, 3.63) is 16.6 Å². The molecule has 6 nitrogen and oxygen atoms in total. The van der Waals surface area contributed by atoms with Crippen LogP contribution < -0.4 is 10.6 Å². The third-order valence-corrected chi connectivity index (χ3v) is 3.81. The molecule has 1 aromatic heterocycles. The van der Waals surface area contributed by atoms with Gasteiger partial charge in [0.2, 0.25) is 0 Å². The first-order valence-electron chi connectivity index (χ1n) is 5.78. The lowest BCUT2D eigenvalue weighted by Gasteiger charge is -2.14. The van der Waals surface area contributed by atoms with Crippen molar-refractivity contribution >= 4 is 35.1 Å². The fraction of sp³-hybridized carbons (Fsp3) is 0.545. The molecule has 0 aromatic carbocycles. The van der Waals surface area contributed by atoms with Gasteiger partial charge in [0.1, 0.15) is 6.04 Å². The van der Waals surface area contributed by atoms with Crippen LogP contribution in [-0.4, -0.2) is 46.7 Å². The Hall–Kier alpha value is -1.28. The maximum Gasteiger partial charge on any atom is 0.326 e. The number of urea groups is 1. The average Bonchev–Trinajstić information content (AvgIpc) is 2.87. The van der Waals surface area contributed by atoms with Gasteiger partial charge in [-0.2, -0.15) is 11.8 Å². The maximum absolute atomic E-state index is 11.5. The first-order chi connectivity index (χ1) is 9.13. The number of rotatable bonds is 8. The Bertz CT molecular complexity index is 398. The van der Waals surface area contributed by atoms with E-state index in [1.807, 2.05) is 11.6 Å². The van der Waals surface area contributed by atoms with Gasteiger partial charge in [-0.15, -0.1) is 11.3 Å². The predicted molar refractivity (Wildman–Crippen MR) is 76.8 cm³/mol. The van der Waals surface area contributed by atoms with Crippen LogP contribution in [0.15, 0.2) is 11.6 Å². The molecule has 0 fully saturated rings. The van der Waals surface area contributed by atoms with Crippen LogP contribution in [0.2, 0.25) is 0 Å². The number of thiazole rings is 1. The Labute approximate surface area is 120 Å². The number of nitrogens with one attached hydrogen (secondary N) is 2. The highest BCUT2D eigenvalue weighted by Crippen LogP contribution is 2.03. The molecule has 3 N–H and O–H groups in total. The summed E-state index contributed by atoms with van der Waals surface area (Å²) >= 11 is 3.07. The number of hydrogen-bond acceptors (Lipinski definition) is 5. The first kappa shape index (κ1) is 15.8. The van der Waals surface area contributed by atoms with Crippen molar-refractivity contribution in [1.82, 2.24) is 15.6 Å². The molecule has 0 spiro atoms. The molecule has 19 heavy (non-hydrogen) atoms. The summed E-state index contributed by atoms with van der Waals surface area (Å²) in [5.74, 6) is -0.319. The SMILES string of the molecule is CSCC[C@@H](NC(=O)NCCc1nccs1)C(=O)O. The molecule has 0 saturated carbocycles. The molecule has 1 atom stereocenters. The molecule has 1 rings (SSSR count). The zero-order valence-electron chi connectivity index (χ0n) is 10.6. The monoisotopic (exact) mass is 303 g/mol. The fourth-order valence-corrected chi connectivity index (χ4v) is 2.45. The lowest BCUT2D eigenvalue weighted by atomic mass is 10.2. The van der Waals surface area contributed by atoms with Crippen LogP contribution in [0, 0.1) is 0 Å². The smallest absolute Gasteiger partial charge is 0.326 e. The Balaban J connectivity index is 2.25. The Morgan fingerprint density at radius 2 is 2.37 bits per heavy atom. The third-order valence-electron chi connectivity index (χ3n) is 2.32. The number of nitrogens with zero attached hydrogens (tertiary/aromatic N) is 1. The summed E-state index contributed by atoms with van der Waals surface area (Å²) in [6, 6.07) is -1.29. The van der Waals surface area contributed by atoms with E-state index in [2.05, 4.69) is 15.6 Å². The van der Waals surface area contributed by atoms with E-state index in [9.17, 15) is 9.59 Å². The molecule has 0 aliphatic heterocycles. The summed E-state index contributed by atoms with van der Waals surface area (Å²) in [6.45, 7) is 0.439. The number of aromatic nitrogens is 1. The number of carbonyl (C=O) groups is 2. The average molecular weight is 303 g/mol. The van der Waals surface area contributed by atoms with Crippen LogP contribution >= 0.6 is 23.1 Å². The summed E-state index contributed by atoms with van der Waals surface area (Å²) in [7, 11) is 0. The molecule has 2 amide bonds. The van der Waals surface area contributed by atoms with E-state index in [0.717, 1.165) is 5.01 Å². The van der Waals surface area contributed by atoms with Crippen molar-refractivity contribution in [2.75, 3.05) is 18.6 Å². The Morgan fingerprint density at radius 3 is 2.95 bits per heavy atom. The van der Waals surface area contributed by atoms with Gasteiger partial charge in [0.15, 0.2) is 0 Å². The van der Waals surface area contributed by atoms with Gasteiger partial charge in [0, 0.05) is 24.5 Å². The fourth-order valence-electron chi connectivity index (χ4n) is 1.36. The van der Waals surface area contributed by atoms with Gasteiger partial charge >= 0.3 is 12.0 Å². The highest BCUT2D eigenvalue weighted by atomic mass is 32.2. The number of aliphatic carboxylic acids is 1. The maximum atomic E-state index is 11.5. The normalized spacial score (nSPS) is 11.8. The second kappa shape index (κ2) is 8.76. The zero-order valence-corrected chi connectivity index (χ0v) is 12.2. The minimum atomic E-state index is -1.01. The van der Waals surface area contributed by atoms with Gasteiger partial charge in [-0.3, -0.25) is 0 Å². The summed E-state index contributed by atoms with van der Waals surface area (Å²) in [6.07, 6.45) is 4.67. The highest BCUT2D eigenvalue weighted by Gasteiger charge is 2.18. The van der Waals surface area contributed by atoms with Gasteiger partial charge in [-0.05, 0) is 18.4 Å². The number of amides is 2. The molecule has 106 valence electrons. The molecule has 1 aromatic rings. The number of hydrogen-bond donors (Lipinski definition) is 3. The second-order valence-electron chi connectivity index (χ2n) is 3.75.